The van der Waals surface area contributed by atoms with E-state index in [0.29, 0.717) is 17.3 Å². The minimum Gasteiger partial charge on any atom is -0.348 e. The highest BCUT2D eigenvalue weighted by Gasteiger charge is 2.08. The number of hydrogen-bond acceptors (Lipinski definition) is 3. The second-order valence-corrected chi connectivity index (χ2v) is 4.69. The predicted octanol–water partition coefficient (Wildman–Crippen LogP) is 2.68. The molecule has 0 aromatic carbocycles. The number of carbonyl (C=O) groups excluding carboxylic acids is 1. The van der Waals surface area contributed by atoms with Gasteiger partial charge >= 0.3 is 0 Å². The first kappa shape index (κ1) is 13.5. The van der Waals surface area contributed by atoms with Crippen molar-refractivity contribution in [1.29, 1.82) is 0 Å². The molecule has 0 saturated carbocycles. The van der Waals surface area contributed by atoms with Crippen molar-refractivity contribution in [3.8, 4) is 0 Å². The van der Waals surface area contributed by atoms with Gasteiger partial charge in [-0.15, -0.1) is 0 Å². The van der Waals surface area contributed by atoms with E-state index in [1.54, 1.807) is 31.5 Å². The second-order valence-electron chi connectivity index (χ2n) is 4.30. The fourth-order valence-corrected chi connectivity index (χ4v) is 1.97. The highest BCUT2D eigenvalue weighted by molar-refractivity contribution is 6.29. The molecule has 0 atom stereocenters. The van der Waals surface area contributed by atoms with Gasteiger partial charge in [0.25, 0.3) is 5.91 Å². The maximum atomic E-state index is 12.0. The Morgan fingerprint density at radius 2 is 2.16 bits per heavy atom. The lowest BCUT2D eigenvalue weighted by molar-refractivity contribution is 0.0950. The second kappa shape index (κ2) is 5.80. The van der Waals surface area contributed by atoms with Gasteiger partial charge in [0, 0.05) is 30.2 Å². The number of carbonyl (C=O) groups is 1. The Hall–Kier alpha value is -1.94. The normalized spacial score (nSPS) is 10.3. The molecule has 0 unspecified atom stereocenters. The van der Waals surface area contributed by atoms with Crippen molar-refractivity contribution in [2.24, 2.45) is 0 Å². The Balaban J connectivity index is 2.08. The van der Waals surface area contributed by atoms with Crippen LogP contribution in [0.15, 0.2) is 30.6 Å². The van der Waals surface area contributed by atoms with Crippen molar-refractivity contribution < 1.29 is 4.79 Å². The SMILES string of the molecule is Cc1cc(C(=O)NCc2cnccc2C)cc(Cl)n1. The zero-order chi connectivity index (χ0) is 13.8. The lowest BCUT2D eigenvalue weighted by Crippen LogP contribution is -2.23. The van der Waals surface area contributed by atoms with Crippen LogP contribution in [-0.2, 0) is 6.54 Å². The zero-order valence-corrected chi connectivity index (χ0v) is 11.5. The lowest BCUT2D eigenvalue weighted by Gasteiger charge is -2.08. The Morgan fingerprint density at radius 1 is 1.37 bits per heavy atom. The first-order chi connectivity index (χ1) is 9.06. The lowest BCUT2D eigenvalue weighted by atomic mass is 10.1. The van der Waals surface area contributed by atoms with Crippen LogP contribution in [0.2, 0.25) is 5.15 Å². The molecule has 0 aliphatic heterocycles. The summed E-state index contributed by atoms with van der Waals surface area (Å²) in [6, 6.07) is 5.17. The van der Waals surface area contributed by atoms with Crippen LogP contribution in [0.3, 0.4) is 0 Å². The molecule has 0 radical (unpaired) electrons. The van der Waals surface area contributed by atoms with E-state index < -0.39 is 0 Å². The third-order valence-corrected chi connectivity index (χ3v) is 2.96. The highest BCUT2D eigenvalue weighted by Crippen LogP contribution is 2.11. The van der Waals surface area contributed by atoms with E-state index in [4.69, 9.17) is 11.6 Å². The average molecular weight is 276 g/mol. The molecule has 4 nitrogen and oxygen atoms in total. The maximum absolute atomic E-state index is 12.0. The molecule has 0 aliphatic carbocycles. The van der Waals surface area contributed by atoms with Crippen LogP contribution in [-0.4, -0.2) is 15.9 Å². The number of amides is 1. The first-order valence-corrected chi connectivity index (χ1v) is 6.26. The average Bonchev–Trinajstić information content (AvgIpc) is 2.36. The van der Waals surface area contributed by atoms with Crippen molar-refractivity contribution in [3.05, 3.63) is 58.1 Å². The van der Waals surface area contributed by atoms with Crippen LogP contribution < -0.4 is 5.32 Å². The van der Waals surface area contributed by atoms with Gasteiger partial charge in [0.1, 0.15) is 5.15 Å². The summed E-state index contributed by atoms with van der Waals surface area (Å²) in [7, 11) is 0. The van der Waals surface area contributed by atoms with Crippen molar-refractivity contribution in [1.82, 2.24) is 15.3 Å². The van der Waals surface area contributed by atoms with E-state index in [2.05, 4.69) is 15.3 Å². The molecule has 1 amide bonds. The molecule has 0 fully saturated rings. The smallest absolute Gasteiger partial charge is 0.251 e. The number of aromatic nitrogens is 2. The highest BCUT2D eigenvalue weighted by atomic mass is 35.5. The Labute approximate surface area is 116 Å². The molecule has 0 spiro atoms. The van der Waals surface area contributed by atoms with E-state index in [1.807, 2.05) is 13.0 Å². The molecule has 0 aliphatic rings. The fourth-order valence-electron chi connectivity index (χ4n) is 1.72. The van der Waals surface area contributed by atoms with E-state index in [-0.39, 0.29) is 5.91 Å². The van der Waals surface area contributed by atoms with E-state index in [9.17, 15) is 4.79 Å². The van der Waals surface area contributed by atoms with E-state index in [1.165, 1.54) is 0 Å². The molecule has 2 aromatic heterocycles. The van der Waals surface area contributed by atoms with Gasteiger partial charge in [-0.2, -0.15) is 0 Å². The van der Waals surface area contributed by atoms with Gasteiger partial charge in [-0.25, -0.2) is 4.98 Å². The summed E-state index contributed by atoms with van der Waals surface area (Å²) in [5.41, 5.74) is 3.32. The minimum atomic E-state index is -0.171. The van der Waals surface area contributed by atoms with Crippen molar-refractivity contribution in [3.63, 3.8) is 0 Å². The molecule has 0 bridgehead atoms. The van der Waals surface area contributed by atoms with Gasteiger partial charge in [0.2, 0.25) is 0 Å². The molecule has 98 valence electrons. The summed E-state index contributed by atoms with van der Waals surface area (Å²) >= 11 is 5.84. The summed E-state index contributed by atoms with van der Waals surface area (Å²) in [6.07, 6.45) is 3.48. The molecule has 2 aromatic rings. The van der Waals surface area contributed by atoms with Crippen LogP contribution >= 0.6 is 11.6 Å². The van der Waals surface area contributed by atoms with Gasteiger partial charge in [0.15, 0.2) is 0 Å². The third kappa shape index (κ3) is 3.51. The number of pyridine rings is 2. The quantitative estimate of drug-likeness (QED) is 0.876. The van der Waals surface area contributed by atoms with Gasteiger partial charge in [-0.1, -0.05) is 11.6 Å². The zero-order valence-electron chi connectivity index (χ0n) is 10.8. The topological polar surface area (TPSA) is 54.9 Å². The molecule has 1 N–H and O–H groups in total. The number of nitrogens with one attached hydrogen (secondary N) is 1. The van der Waals surface area contributed by atoms with Gasteiger partial charge in [0.05, 0.1) is 0 Å². The largest absolute Gasteiger partial charge is 0.348 e. The standard InChI is InChI=1S/C14H14ClN3O/c1-9-3-4-16-7-12(9)8-17-14(19)11-5-10(2)18-13(15)6-11/h3-7H,8H2,1-2H3,(H,17,19). The van der Waals surface area contributed by atoms with Crippen LogP contribution in [0, 0.1) is 13.8 Å². The Kier molecular flexibility index (Phi) is 4.12. The summed E-state index contributed by atoms with van der Waals surface area (Å²) in [4.78, 5) is 20.1. The molecular weight excluding hydrogens is 262 g/mol. The third-order valence-electron chi connectivity index (χ3n) is 2.77. The monoisotopic (exact) mass is 275 g/mol. The fraction of sp³-hybridized carbons (Fsp3) is 0.214. The van der Waals surface area contributed by atoms with E-state index >= 15 is 0 Å². The van der Waals surface area contributed by atoms with Crippen LogP contribution in [0.5, 0.6) is 0 Å². The van der Waals surface area contributed by atoms with Crippen LogP contribution in [0.4, 0.5) is 0 Å². The Bertz CT molecular complexity index is 593. The molecule has 2 rings (SSSR count). The minimum absolute atomic E-state index is 0.171. The van der Waals surface area contributed by atoms with Gasteiger partial charge in [-0.05, 0) is 43.2 Å². The number of aryl methyl sites for hydroxylation is 2. The number of nitrogens with zero attached hydrogens (tertiary/aromatic N) is 2. The van der Waals surface area contributed by atoms with Gasteiger partial charge in [-0.3, -0.25) is 9.78 Å². The predicted molar refractivity (Wildman–Crippen MR) is 74.1 cm³/mol. The summed E-state index contributed by atoms with van der Waals surface area (Å²) in [5, 5.41) is 3.17. The summed E-state index contributed by atoms with van der Waals surface area (Å²) < 4.78 is 0. The maximum Gasteiger partial charge on any atom is 0.251 e. The summed E-state index contributed by atoms with van der Waals surface area (Å²) in [5.74, 6) is -0.171. The van der Waals surface area contributed by atoms with Crippen molar-refractivity contribution >= 4 is 17.5 Å². The summed E-state index contributed by atoms with van der Waals surface area (Å²) in [6.45, 7) is 4.22. The van der Waals surface area contributed by atoms with Crippen LogP contribution in [0.25, 0.3) is 0 Å². The van der Waals surface area contributed by atoms with Crippen molar-refractivity contribution in [2.45, 2.75) is 20.4 Å². The number of hydrogen-bond donors (Lipinski definition) is 1. The molecule has 2 heterocycles. The number of rotatable bonds is 3. The van der Waals surface area contributed by atoms with E-state index in [0.717, 1.165) is 16.8 Å². The Morgan fingerprint density at radius 3 is 2.84 bits per heavy atom. The first-order valence-electron chi connectivity index (χ1n) is 5.88. The van der Waals surface area contributed by atoms with Crippen molar-refractivity contribution in [2.75, 3.05) is 0 Å². The molecule has 0 saturated heterocycles. The molecular formula is C14H14ClN3O. The van der Waals surface area contributed by atoms with Crippen LogP contribution in [0.1, 0.15) is 27.2 Å². The van der Waals surface area contributed by atoms with Gasteiger partial charge < -0.3 is 5.32 Å². The molecule has 5 heteroatoms. The number of halogens is 1. The molecule has 19 heavy (non-hydrogen) atoms.